The van der Waals surface area contributed by atoms with Gasteiger partial charge in [0, 0.05) is 13.0 Å². The van der Waals surface area contributed by atoms with Crippen LogP contribution in [0.1, 0.15) is 85.5 Å². The number of rotatable bonds is 8. The number of hydrogen-bond acceptors (Lipinski definition) is 8. The van der Waals surface area contributed by atoms with E-state index in [1.165, 1.54) is 5.57 Å². The van der Waals surface area contributed by atoms with Gasteiger partial charge < -0.3 is 35.0 Å². The van der Waals surface area contributed by atoms with Gasteiger partial charge in [0.15, 0.2) is 12.1 Å². The van der Waals surface area contributed by atoms with Gasteiger partial charge in [-0.1, -0.05) is 33.3 Å². The predicted octanol–water partition coefficient (Wildman–Crippen LogP) is 2.97. The largest absolute Gasteiger partial charge is 0.396 e. The molecule has 0 aromatic rings. The molecule has 8 heteroatoms. The normalized spacial score (nSPS) is 47.5. The molecule has 4 aliphatic carbocycles. The molecule has 5 N–H and O–H groups in total. The van der Waals surface area contributed by atoms with Gasteiger partial charge in [0.2, 0.25) is 0 Å². The first-order valence-corrected chi connectivity index (χ1v) is 15.7. The number of carbonyl (C=O) groups excluding carboxylic acids is 1. The first-order chi connectivity index (χ1) is 18.9. The van der Waals surface area contributed by atoms with Crippen LogP contribution in [-0.4, -0.2) is 81.3 Å². The summed E-state index contributed by atoms with van der Waals surface area (Å²) >= 11 is 0. The lowest BCUT2D eigenvalue weighted by atomic mass is 9.46. The molecule has 0 aromatic carbocycles. The summed E-state index contributed by atoms with van der Waals surface area (Å²) in [5, 5.41) is 51.9. The van der Waals surface area contributed by atoms with Crippen molar-refractivity contribution in [2.45, 2.75) is 122 Å². The summed E-state index contributed by atoms with van der Waals surface area (Å²) in [4.78, 5) is 12.3. The van der Waals surface area contributed by atoms with Crippen LogP contribution in [0.4, 0.5) is 0 Å². The minimum atomic E-state index is -1.35. The van der Waals surface area contributed by atoms with Crippen LogP contribution in [-0.2, 0) is 14.3 Å². The molecule has 3 saturated carbocycles. The fourth-order valence-corrected chi connectivity index (χ4v) is 9.79. The van der Waals surface area contributed by atoms with Crippen molar-refractivity contribution < 1.29 is 39.8 Å². The molecule has 4 fully saturated rings. The summed E-state index contributed by atoms with van der Waals surface area (Å²) in [6, 6.07) is 0. The van der Waals surface area contributed by atoms with E-state index in [-0.39, 0.29) is 53.7 Å². The Morgan fingerprint density at radius 2 is 1.80 bits per heavy atom. The van der Waals surface area contributed by atoms with Gasteiger partial charge in [-0.2, -0.15) is 0 Å². The average Bonchev–Trinajstić information content (AvgIpc) is 3.23. The summed E-state index contributed by atoms with van der Waals surface area (Å²) in [6.07, 6.45) is 4.04. The first kappa shape index (κ1) is 30.6. The third-order valence-corrected chi connectivity index (χ3v) is 12.3. The van der Waals surface area contributed by atoms with E-state index in [0.717, 1.165) is 44.9 Å². The van der Waals surface area contributed by atoms with E-state index in [1.54, 1.807) is 0 Å². The fraction of sp³-hybridized carbons (Fsp3) is 0.906. The molecule has 1 saturated heterocycles. The molecule has 40 heavy (non-hydrogen) atoms. The van der Waals surface area contributed by atoms with Crippen molar-refractivity contribution >= 4 is 5.78 Å². The maximum absolute atomic E-state index is 12.3. The Hall–Kier alpha value is -0.870. The number of ketones is 1. The number of carbonyl (C=O) groups is 1. The van der Waals surface area contributed by atoms with Gasteiger partial charge in [-0.25, -0.2) is 0 Å². The minimum Gasteiger partial charge on any atom is -0.396 e. The second kappa shape index (κ2) is 11.7. The van der Waals surface area contributed by atoms with E-state index in [9.17, 15) is 30.3 Å². The van der Waals surface area contributed by atoms with E-state index in [4.69, 9.17) is 9.47 Å². The molecule has 5 rings (SSSR count). The van der Waals surface area contributed by atoms with Crippen LogP contribution < -0.4 is 0 Å². The third-order valence-electron chi connectivity index (χ3n) is 12.3. The number of ether oxygens (including phenoxy) is 2. The highest BCUT2D eigenvalue weighted by Gasteiger charge is 2.63. The van der Waals surface area contributed by atoms with E-state index in [1.807, 2.05) is 13.0 Å². The molecule has 0 radical (unpaired) electrons. The lowest BCUT2D eigenvalue weighted by Crippen LogP contribution is -2.55. The monoisotopic (exact) mass is 564 g/mol. The second-order valence-corrected chi connectivity index (χ2v) is 14.5. The molecule has 0 spiro atoms. The molecule has 14 unspecified atom stereocenters. The zero-order chi connectivity index (χ0) is 29.0. The Labute approximate surface area is 239 Å². The molecule has 1 aliphatic heterocycles. The molecule has 1 heterocycles. The smallest absolute Gasteiger partial charge is 0.186 e. The lowest BCUT2D eigenvalue weighted by molar-refractivity contribution is -0.288. The Bertz CT molecular complexity index is 953. The van der Waals surface area contributed by atoms with Crippen molar-refractivity contribution in [3.05, 3.63) is 11.6 Å². The fourth-order valence-electron chi connectivity index (χ4n) is 9.79. The van der Waals surface area contributed by atoms with Crippen LogP contribution in [0.25, 0.3) is 0 Å². The molecule has 0 amide bonds. The molecule has 0 aromatic heterocycles. The van der Waals surface area contributed by atoms with Crippen LogP contribution >= 0.6 is 0 Å². The number of aliphatic hydroxyl groups is 5. The minimum absolute atomic E-state index is 0.0235. The zero-order valence-corrected chi connectivity index (χ0v) is 24.7. The van der Waals surface area contributed by atoms with Gasteiger partial charge in [-0.15, -0.1) is 0 Å². The molecule has 14 atom stereocenters. The highest BCUT2D eigenvalue weighted by Crippen LogP contribution is 2.68. The van der Waals surface area contributed by atoms with E-state index >= 15 is 0 Å². The van der Waals surface area contributed by atoms with Crippen LogP contribution in [0.3, 0.4) is 0 Å². The summed E-state index contributed by atoms with van der Waals surface area (Å²) in [5.41, 5.74) is 1.32. The molecule has 228 valence electrons. The number of fused-ring (bicyclic) bond motifs is 5. The van der Waals surface area contributed by atoms with Gasteiger partial charge >= 0.3 is 0 Å². The Balaban J connectivity index is 1.42. The standard InChI is InChI=1S/C32H52O8/c1-17(15-33)5-8-24(35)18(2)27-26(40-30-29(38)28(37)25(36)16-39-30)14-23-21-7-6-19-13-20(34)9-11-31(19,3)22(21)10-12-32(23,27)4/h13,17-18,21-30,33,35-38H,5-12,14-16H2,1-4H3. The number of hydrogen-bond donors (Lipinski definition) is 5. The van der Waals surface area contributed by atoms with Crippen LogP contribution in [0.5, 0.6) is 0 Å². The Kier molecular flexibility index (Phi) is 8.92. The van der Waals surface area contributed by atoms with Crippen molar-refractivity contribution in [2.75, 3.05) is 13.2 Å². The summed E-state index contributed by atoms with van der Waals surface area (Å²) in [7, 11) is 0. The molecule has 0 bridgehead atoms. The molecule has 5 aliphatic rings. The summed E-state index contributed by atoms with van der Waals surface area (Å²) in [6.45, 7) is 8.85. The quantitative estimate of drug-likeness (QED) is 0.304. The Morgan fingerprint density at radius 1 is 1.05 bits per heavy atom. The maximum atomic E-state index is 12.3. The predicted molar refractivity (Wildman–Crippen MR) is 149 cm³/mol. The zero-order valence-electron chi connectivity index (χ0n) is 24.7. The molecule has 8 nitrogen and oxygen atoms in total. The average molecular weight is 565 g/mol. The van der Waals surface area contributed by atoms with Gasteiger partial charge in [0.1, 0.15) is 18.3 Å². The summed E-state index contributed by atoms with van der Waals surface area (Å²) < 4.78 is 12.2. The van der Waals surface area contributed by atoms with Crippen molar-refractivity contribution in [1.29, 1.82) is 0 Å². The molecular formula is C32H52O8. The van der Waals surface area contributed by atoms with Crippen molar-refractivity contribution in [3.8, 4) is 0 Å². The van der Waals surface area contributed by atoms with E-state index < -0.39 is 30.7 Å². The number of allylic oxidation sites excluding steroid dienone is 1. The summed E-state index contributed by atoms with van der Waals surface area (Å²) in [5.74, 6) is 1.72. The van der Waals surface area contributed by atoms with Gasteiger partial charge in [-0.05, 0) is 104 Å². The van der Waals surface area contributed by atoms with Gasteiger partial charge in [0.25, 0.3) is 0 Å². The van der Waals surface area contributed by atoms with Gasteiger partial charge in [-0.3, -0.25) is 4.79 Å². The number of aliphatic hydroxyl groups excluding tert-OH is 5. The van der Waals surface area contributed by atoms with Crippen molar-refractivity contribution in [3.63, 3.8) is 0 Å². The van der Waals surface area contributed by atoms with Crippen LogP contribution in [0.15, 0.2) is 11.6 Å². The van der Waals surface area contributed by atoms with Crippen LogP contribution in [0, 0.1) is 46.3 Å². The SMILES string of the molecule is CC(CO)CCC(O)C(C)C1C(OC2OCC(O)C(O)C2O)CC2C3CCC4=CC(=O)CCC4(C)C3CCC21C. The maximum Gasteiger partial charge on any atom is 0.186 e. The highest BCUT2D eigenvalue weighted by atomic mass is 16.7. The van der Waals surface area contributed by atoms with Crippen LogP contribution in [0.2, 0.25) is 0 Å². The second-order valence-electron chi connectivity index (χ2n) is 14.5. The topological polar surface area (TPSA) is 137 Å². The lowest BCUT2D eigenvalue weighted by Gasteiger charge is -2.58. The van der Waals surface area contributed by atoms with Gasteiger partial charge in [0.05, 0.1) is 18.8 Å². The highest BCUT2D eigenvalue weighted by molar-refractivity contribution is 5.91. The van der Waals surface area contributed by atoms with E-state index in [2.05, 4.69) is 20.8 Å². The van der Waals surface area contributed by atoms with Crippen molar-refractivity contribution in [2.24, 2.45) is 46.3 Å². The molecular weight excluding hydrogens is 512 g/mol. The van der Waals surface area contributed by atoms with E-state index in [0.29, 0.717) is 30.6 Å². The first-order valence-electron chi connectivity index (χ1n) is 15.7. The Morgan fingerprint density at radius 3 is 2.52 bits per heavy atom. The van der Waals surface area contributed by atoms with Crippen molar-refractivity contribution in [1.82, 2.24) is 0 Å². The third kappa shape index (κ3) is 5.24.